The molecule has 0 radical (unpaired) electrons. The fraction of sp³-hybridized carbons (Fsp3) is 0.667. The van der Waals surface area contributed by atoms with E-state index in [2.05, 4.69) is 28.2 Å². The van der Waals surface area contributed by atoms with E-state index in [1.165, 1.54) is 12.8 Å². The molecule has 27 heavy (non-hydrogen) atoms. The van der Waals surface area contributed by atoms with E-state index in [9.17, 15) is 4.79 Å². The van der Waals surface area contributed by atoms with Crippen molar-refractivity contribution in [2.75, 3.05) is 53.4 Å². The van der Waals surface area contributed by atoms with E-state index >= 15 is 0 Å². The van der Waals surface area contributed by atoms with Gasteiger partial charge in [-0.25, -0.2) is 4.79 Å². The summed E-state index contributed by atoms with van der Waals surface area (Å²) in [6, 6.07) is 8.39. The summed E-state index contributed by atoms with van der Waals surface area (Å²) in [6.45, 7) is 6.62. The van der Waals surface area contributed by atoms with Crippen LogP contribution in [0.15, 0.2) is 24.3 Å². The van der Waals surface area contributed by atoms with E-state index in [-0.39, 0.29) is 6.03 Å². The first-order valence-corrected chi connectivity index (χ1v) is 10.2. The molecular formula is C21H34N4O2. The van der Waals surface area contributed by atoms with E-state index in [0.717, 1.165) is 56.9 Å². The van der Waals surface area contributed by atoms with Gasteiger partial charge in [0.2, 0.25) is 0 Å². The van der Waals surface area contributed by atoms with Crippen molar-refractivity contribution >= 4 is 6.03 Å². The number of benzene rings is 1. The molecule has 1 saturated carbocycles. The summed E-state index contributed by atoms with van der Waals surface area (Å²) in [7, 11) is 3.85. The summed E-state index contributed by atoms with van der Waals surface area (Å²) in [4.78, 5) is 19.8. The van der Waals surface area contributed by atoms with Gasteiger partial charge in [0.25, 0.3) is 0 Å². The lowest BCUT2D eigenvalue weighted by atomic mass is 10.1. The van der Waals surface area contributed by atoms with E-state index in [4.69, 9.17) is 4.74 Å². The Bertz CT molecular complexity index is 596. The molecule has 1 saturated heterocycles. The quantitative estimate of drug-likeness (QED) is 0.796. The molecule has 1 aliphatic heterocycles. The SMILES string of the molecule is COc1ccccc1CN(C(=O)NCCN1CCN(C)CC1)C1CCCC1. The molecule has 1 heterocycles. The number of hydrogen-bond donors (Lipinski definition) is 1. The van der Waals surface area contributed by atoms with Gasteiger partial charge < -0.3 is 19.9 Å². The minimum absolute atomic E-state index is 0.0573. The molecule has 3 rings (SSSR count). The highest BCUT2D eigenvalue weighted by Gasteiger charge is 2.27. The molecule has 1 N–H and O–H groups in total. The Morgan fingerprint density at radius 1 is 1.19 bits per heavy atom. The smallest absolute Gasteiger partial charge is 0.317 e. The second-order valence-electron chi connectivity index (χ2n) is 7.75. The highest BCUT2D eigenvalue weighted by Crippen LogP contribution is 2.27. The van der Waals surface area contributed by atoms with Crippen LogP contribution in [-0.2, 0) is 6.54 Å². The van der Waals surface area contributed by atoms with Crippen molar-refractivity contribution in [1.82, 2.24) is 20.0 Å². The summed E-state index contributed by atoms with van der Waals surface area (Å²) >= 11 is 0. The van der Waals surface area contributed by atoms with Gasteiger partial charge in [-0.15, -0.1) is 0 Å². The van der Waals surface area contributed by atoms with Crippen LogP contribution in [0.1, 0.15) is 31.2 Å². The zero-order valence-electron chi connectivity index (χ0n) is 16.8. The number of urea groups is 1. The van der Waals surface area contributed by atoms with Crippen molar-refractivity contribution in [2.24, 2.45) is 0 Å². The molecule has 1 aromatic rings. The maximum atomic E-state index is 13.0. The van der Waals surface area contributed by atoms with Crippen LogP contribution in [-0.4, -0.2) is 80.2 Å². The maximum absolute atomic E-state index is 13.0. The monoisotopic (exact) mass is 374 g/mol. The van der Waals surface area contributed by atoms with Gasteiger partial charge in [-0.2, -0.15) is 0 Å². The van der Waals surface area contributed by atoms with Gasteiger partial charge in [0.1, 0.15) is 5.75 Å². The third-order valence-corrected chi connectivity index (χ3v) is 5.86. The highest BCUT2D eigenvalue weighted by molar-refractivity contribution is 5.74. The Morgan fingerprint density at radius 3 is 2.59 bits per heavy atom. The topological polar surface area (TPSA) is 48.1 Å². The summed E-state index contributed by atoms with van der Waals surface area (Å²) in [5, 5.41) is 3.17. The molecule has 0 unspecified atom stereocenters. The van der Waals surface area contributed by atoms with Crippen molar-refractivity contribution in [3.8, 4) is 5.75 Å². The normalized spacial score (nSPS) is 19.2. The van der Waals surface area contributed by atoms with Crippen LogP contribution in [0.3, 0.4) is 0 Å². The molecule has 6 heteroatoms. The fourth-order valence-corrected chi connectivity index (χ4v) is 4.09. The number of hydrogen-bond acceptors (Lipinski definition) is 4. The van der Waals surface area contributed by atoms with Gasteiger partial charge in [-0.05, 0) is 26.0 Å². The van der Waals surface area contributed by atoms with E-state index in [1.807, 2.05) is 23.1 Å². The van der Waals surface area contributed by atoms with Crippen LogP contribution in [0, 0.1) is 0 Å². The van der Waals surface area contributed by atoms with Gasteiger partial charge in [0.15, 0.2) is 0 Å². The number of methoxy groups -OCH3 is 1. The summed E-state index contributed by atoms with van der Waals surface area (Å²) in [6.07, 6.45) is 4.62. The first-order chi connectivity index (χ1) is 13.2. The molecule has 0 spiro atoms. The number of ether oxygens (including phenoxy) is 1. The first kappa shape index (κ1) is 20.0. The number of carbonyl (C=O) groups is 1. The van der Waals surface area contributed by atoms with Gasteiger partial charge >= 0.3 is 6.03 Å². The van der Waals surface area contributed by atoms with Gasteiger partial charge in [-0.1, -0.05) is 31.0 Å². The van der Waals surface area contributed by atoms with Crippen molar-refractivity contribution < 1.29 is 9.53 Å². The lowest BCUT2D eigenvalue weighted by Crippen LogP contribution is -2.49. The summed E-state index contributed by atoms with van der Waals surface area (Å²) in [5.74, 6) is 0.853. The van der Waals surface area contributed by atoms with Crippen LogP contribution in [0.2, 0.25) is 0 Å². The minimum Gasteiger partial charge on any atom is -0.496 e. The molecular weight excluding hydrogens is 340 g/mol. The Morgan fingerprint density at radius 2 is 1.89 bits per heavy atom. The second-order valence-corrected chi connectivity index (χ2v) is 7.75. The number of para-hydroxylation sites is 1. The Balaban J connectivity index is 1.56. The van der Waals surface area contributed by atoms with Crippen molar-refractivity contribution in [1.29, 1.82) is 0 Å². The number of nitrogens with zero attached hydrogens (tertiary/aromatic N) is 3. The minimum atomic E-state index is 0.0573. The summed E-state index contributed by atoms with van der Waals surface area (Å²) < 4.78 is 5.49. The molecule has 1 aromatic carbocycles. The largest absolute Gasteiger partial charge is 0.496 e. The first-order valence-electron chi connectivity index (χ1n) is 10.2. The molecule has 0 aromatic heterocycles. The average molecular weight is 375 g/mol. The molecule has 150 valence electrons. The molecule has 2 aliphatic rings. The third-order valence-electron chi connectivity index (χ3n) is 5.86. The molecule has 0 atom stereocenters. The Kier molecular flexibility index (Phi) is 7.35. The zero-order valence-corrected chi connectivity index (χ0v) is 16.8. The molecule has 1 aliphatic carbocycles. The summed E-state index contributed by atoms with van der Waals surface area (Å²) in [5.41, 5.74) is 1.07. The lowest BCUT2D eigenvalue weighted by molar-refractivity contribution is 0.148. The second kappa shape index (κ2) is 9.95. The molecule has 2 amide bonds. The van der Waals surface area contributed by atoms with Gasteiger partial charge in [0.05, 0.1) is 13.7 Å². The van der Waals surface area contributed by atoms with Gasteiger partial charge in [-0.3, -0.25) is 4.90 Å². The van der Waals surface area contributed by atoms with E-state index < -0.39 is 0 Å². The third kappa shape index (κ3) is 5.59. The van der Waals surface area contributed by atoms with E-state index in [0.29, 0.717) is 19.1 Å². The van der Waals surface area contributed by atoms with Crippen LogP contribution in [0.5, 0.6) is 5.75 Å². The van der Waals surface area contributed by atoms with Crippen molar-refractivity contribution in [3.63, 3.8) is 0 Å². The fourth-order valence-electron chi connectivity index (χ4n) is 4.09. The number of amides is 2. The Labute approximate surface area is 163 Å². The van der Waals surface area contributed by atoms with Crippen molar-refractivity contribution in [2.45, 2.75) is 38.3 Å². The number of likely N-dealkylation sites (N-methyl/N-ethyl adjacent to an activating group) is 1. The van der Waals surface area contributed by atoms with Crippen LogP contribution >= 0.6 is 0 Å². The number of carbonyl (C=O) groups excluding carboxylic acids is 1. The zero-order chi connectivity index (χ0) is 19.1. The number of nitrogens with one attached hydrogen (secondary N) is 1. The van der Waals surface area contributed by atoms with Crippen LogP contribution in [0.25, 0.3) is 0 Å². The Hall–Kier alpha value is -1.79. The number of rotatable bonds is 7. The number of piperazine rings is 1. The molecule has 0 bridgehead atoms. The van der Waals surface area contributed by atoms with Crippen LogP contribution in [0.4, 0.5) is 4.79 Å². The maximum Gasteiger partial charge on any atom is 0.317 e. The predicted octanol–water partition coefficient (Wildman–Crippen LogP) is 2.40. The highest BCUT2D eigenvalue weighted by atomic mass is 16.5. The van der Waals surface area contributed by atoms with E-state index in [1.54, 1.807) is 7.11 Å². The van der Waals surface area contributed by atoms with Crippen LogP contribution < -0.4 is 10.1 Å². The standard InChI is InChI=1S/C21H34N4O2/c1-23-13-15-24(16-14-23)12-11-22-21(26)25(19-8-4-5-9-19)17-18-7-3-6-10-20(18)27-2/h3,6-7,10,19H,4-5,8-9,11-17H2,1-2H3,(H,22,26). The predicted molar refractivity (Wildman–Crippen MR) is 108 cm³/mol. The average Bonchev–Trinajstić information content (AvgIpc) is 3.22. The van der Waals surface area contributed by atoms with Gasteiger partial charge in [0, 0.05) is 50.9 Å². The van der Waals surface area contributed by atoms with Crippen molar-refractivity contribution in [3.05, 3.63) is 29.8 Å². The molecule has 6 nitrogen and oxygen atoms in total. The lowest BCUT2D eigenvalue weighted by Gasteiger charge is -2.33. The molecule has 2 fully saturated rings.